The molecular weight excluding hydrogens is 593 g/mol. The van der Waals surface area contributed by atoms with Crippen LogP contribution in [-0.4, -0.2) is 4.57 Å². The molecule has 0 saturated carbocycles. The molecule has 0 bridgehead atoms. The first-order chi connectivity index (χ1) is 24.1. The van der Waals surface area contributed by atoms with Crippen molar-refractivity contribution < 1.29 is 0 Å². The van der Waals surface area contributed by atoms with Crippen molar-refractivity contribution >= 4 is 60.4 Å². The largest absolute Gasteiger partial charge is 0.310 e. The van der Waals surface area contributed by atoms with Crippen LogP contribution >= 0.6 is 0 Å². The third-order valence-electron chi connectivity index (χ3n) is 10.7. The minimum atomic E-state index is -0.0835. The minimum absolute atomic E-state index is 0.0835. The van der Waals surface area contributed by atoms with E-state index in [4.69, 9.17) is 0 Å². The molecule has 2 heteroatoms. The molecule has 1 aliphatic rings. The van der Waals surface area contributed by atoms with E-state index in [1.54, 1.807) is 0 Å². The van der Waals surface area contributed by atoms with Crippen molar-refractivity contribution in [2.45, 2.75) is 19.3 Å². The van der Waals surface area contributed by atoms with Crippen molar-refractivity contribution in [1.29, 1.82) is 0 Å². The van der Waals surface area contributed by atoms with Crippen LogP contribution in [0.4, 0.5) is 17.1 Å². The molecule has 0 saturated heterocycles. The van der Waals surface area contributed by atoms with E-state index in [0.29, 0.717) is 0 Å². The number of fused-ring (bicyclic) bond motifs is 8. The lowest BCUT2D eigenvalue weighted by Crippen LogP contribution is -2.16. The molecule has 0 atom stereocenters. The van der Waals surface area contributed by atoms with Gasteiger partial charge in [0.15, 0.2) is 0 Å². The minimum Gasteiger partial charge on any atom is -0.310 e. The normalized spacial score (nSPS) is 13.3. The van der Waals surface area contributed by atoms with Crippen LogP contribution in [0.1, 0.15) is 25.0 Å². The first-order valence-corrected chi connectivity index (χ1v) is 17.1. The fraction of sp³-hybridized carbons (Fsp3) is 0.0638. The number of aromatic nitrogens is 1. The lowest BCUT2D eigenvalue weighted by Gasteiger charge is -2.29. The van der Waals surface area contributed by atoms with Crippen LogP contribution in [0.15, 0.2) is 170 Å². The summed E-state index contributed by atoms with van der Waals surface area (Å²) < 4.78 is 2.43. The average Bonchev–Trinajstić information content (AvgIpc) is 3.59. The van der Waals surface area contributed by atoms with Crippen LogP contribution in [0.3, 0.4) is 0 Å². The molecule has 8 aromatic carbocycles. The molecular formula is C47H34N2. The average molecular weight is 627 g/mol. The number of para-hydroxylation sites is 2. The third kappa shape index (κ3) is 4.14. The second-order valence-electron chi connectivity index (χ2n) is 13.8. The lowest BCUT2D eigenvalue weighted by molar-refractivity contribution is 0.660. The lowest BCUT2D eigenvalue weighted by atomic mass is 9.82. The predicted octanol–water partition coefficient (Wildman–Crippen LogP) is 12.9. The second kappa shape index (κ2) is 10.4. The van der Waals surface area contributed by atoms with Crippen molar-refractivity contribution in [1.82, 2.24) is 4.57 Å². The fourth-order valence-corrected chi connectivity index (χ4v) is 8.35. The molecule has 2 nitrogen and oxygen atoms in total. The summed E-state index contributed by atoms with van der Waals surface area (Å²) in [5.41, 5.74) is 12.4. The molecule has 0 amide bonds. The Morgan fingerprint density at radius 2 is 1.16 bits per heavy atom. The Kier molecular flexibility index (Phi) is 5.95. The van der Waals surface area contributed by atoms with Gasteiger partial charge >= 0.3 is 0 Å². The number of anilines is 3. The zero-order valence-electron chi connectivity index (χ0n) is 27.6. The highest BCUT2D eigenvalue weighted by Gasteiger charge is 2.35. The maximum Gasteiger partial charge on any atom is 0.0547 e. The van der Waals surface area contributed by atoms with E-state index in [0.717, 1.165) is 11.4 Å². The van der Waals surface area contributed by atoms with Crippen LogP contribution in [0.5, 0.6) is 0 Å². The monoisotopic (exact) mass is 626 g/mol. The molecule has 1 aromatic heterocycles. The van der Waals surface area contributed by atoms with Crippen molar-refractivity contribution in [2.24, 2.45) is 0 Å². The zero-order valence-corrected chi connectivity index (χ0v) is 27.6. The Morgan fingerprint density at radius 3 is 2.06 bits per heavy atom. The Morgan fingerprint density at radius 1 is 0.429 bits per heavy atom. The highest BCUT2D eigenvalue weighted by atomic mass is 15.1. The molecule has 0 radical (unpaired) electrons. The van der Waals surface area contributed by atoms with E-state index in [1.165, 1.54) is 77.0 Å². The van der Waals surface area contributed by atoms with E-state index in [-0.39, 0.29) is 5.41 Å². The second-order valence-corrected chi connectivity index (χ2v) is 13.8. The maximum atomic E-state index is 2.44. The maximum absolute atomic E-state index is 2.44. The van der Waals surface area contributed by atoms with Crippen molar-refractivity contribution in [2.75, 3.05) is 4.90 Å². The number of hydrogen-bond acceptors (Lipinski definition) is 1. The van der Waals surface area contributed by atoms with Gasteiger partial charge in [0.05, 0.1) is 16.7 Å². The summed E-state index contributed by atoms with van der Waals surface area (Å²) >= 11 is 0. The molecule has 49 heavy (non-hydrogen) atoms. The SMILES string of the molecule is CC1(C)c2ccccc2-c2ccc(N(c3ccccc3)c3cccc4cc5c(cc34)c3ccccc3n5-c3ccc4ccccc4c3)cc21. The van der Waals surface area contributed by atoms with Gasteiger partial charge in [0.2, 0.25) is 0 Å². The van der Waals surface area contributed by atoms with E-state index in [2.05, 4.69) is 193 Å². The number of benzene rings is 8. The van der Waals surface area contributed by atoms with Gasteiger partial charge < -0.3 is 9.47 Å². The standard InChI is InChI=1S/C47H34N2/c1-47(2)42-20-10-8-18-37(42)38-26-25-36(29-43(38)47)48(34-16-4-3-5-17-34)45-22-12-15-33-28-46-41(30-40(33)45)39-19-9-11-21-44(39)49(46)35-24-23-31-13-6-7-14-32(31)27-35/h3-30H,1-2H3. The van der Waals surface area contributed by atoms with E-state index >= 15 is 0 Å². The molecule has 0 unspecified atom stereocenters. The van der Waals surface area contributed by atoms with Gasteiger partial charge in [0.1, 0.15) is 0 Å². The van der Waals surface area contributed by atoms with Gasteiger partial charge in [-0.25, -0.2) is 0 Å². The first-order valence-electron chi connectivity index (χ1n) is 17.1. The van der Waals surface area contributed by atoms with Gasteiger partial charge in [-0.15, -0.1) is 0 Å². The Hall–Kier alpha value is -6.12. The Balaban J connectivity index is 1.22. The fourth-order valence-electron chi connectivity index (χ4n) is 8.35. The summed E-state index contributed by atoms with van der Waals surface area (Å²) in [5, 5.41) is 7.44. The van der Waals surface area contributed by atoms with Crippen molar-refractivity contribution in [3.8, 4) is 16.8 Å². The number of hydrogen-bond donors (Lipinski definition) is 0. The molecule has 0 spiro atoms. The highest BCUT2D eigenvalue weighted by molar-refractivity contribution is 6.16. The van der Waals surface area contributed by atoms with Crippen molar-refractivity contribution in [3.63, 3.8) is 0 Å². The quantitative estimate of drug-likeness (QED) is 0.189. The van der Waals surface area contributed by atoms with Gasteiger partial charge in [0, 0.05) is 38.6 Å². The van der Waals surface area contributed by atoms with Crippen LogP contribution in [0, 0.1) is 0 Å². The van der Waals surface area contributed by atoms with Crippen LogP contribution in [0.2, 0.25) is 0 Å². The summed E-state index contributed by atoms with van der Waals surface area (Å²) in [6.07, 6.45) is 0. The summed E-state index contributed by atoms with van der Waals surface area (Å²) in [6.45, 7) is 4.71. The summed E-state index contributed by atoms with van der Waals surface area (Å²) in [6, 6.07) is 62.5. The van der Waals surface area contributed by atoms with E-state index in [9.17, 15) is 0 Å². The topological polar surface area (TPSA) is 8.17 Å². The van der Waals surface area contributed by atoms with Gasteiger partial charge in [0.25, 0.3) is 0 Å². The third-order valence-corrected chi connectivity index (χ3v) is 10.7. The van der Waals surface area contributed by atoms with Crippen LogP contribution in [-0.2, 0) is 5.41 Å². The van der Waals surface area contributed by atoms with Gasteiger partial charge in [-0.3, -0.25) is 0 Å². The molecule has 1 aliphatic carbocycles. The van der Waals surface area contributed by atoms with Crippen molar-refractivity contribution in [3.05, 3.63) is 181 Å². The van der Waals surface area contributed by atoms with E-state index in [1.807, 2.05) is 0 Å². The molecule has 0 N–H and O–H groups in total. The zero-order chi connectivity index (χ0) is 32.7. The molecule has 1 heterocycles. The predicted molar refractivity (Wildman–Crippen MR) is 208 cm³/mol. The summed E-state index contributed by atoms with van der Waals surface area (Å²) in [7, 11) is 0. The van der Waals surface area contributed by atoms with Gasteiger partial charge in [-0.2, -0.15) is 0 Å². The number of nitrogens with zero attached hydrogens (tertiary/aromatic N) is 2. The van der Waals surface area contributed by atoms with Crippen LogP contribution in [0.25, 0.3) is 60.2 Å². The number of rotatable bonds is 4. The molecule has 0 aliphatic heterocycles. The first kappa shape index (κ1) is 27.9. The summed E-state index contributed by atoms with van der Waals surface area (Å²) in [5.74, 6) is 0. The molecule has 9 aromatic rings. The molecule has 0 fully saturated rings. The van der Waals surface area contributed by atoms with Gasteiger partial charge in [-0.05, 0) is 99.1 Å². The molecule has 232 valence electrons. The smallest absolute Gasteiger partial charge is 0.0547 e. The highest BCUT2D eigenvalue weighted by Crippen LogP contribution is 2.51. The Labute approximate surface area is 286 Å². The molecule has 10 rings (SSSR count). The van der Waals surface area contributed by atoms with E-state index < -0.39 is 0 Å². The Bertz CT molecular complexity index is 2750. The summed E-state index contributed by atoms with van der Waals surface area (Å²) in [4.78, 5) is 2.44. The van der Waals surface area contributed by atoms with Gasteiger partial charge in [-0.1, -0.05) is 123 Å². The van der Waals surface area contributed by atoms with Crippen LogP contribution < -0.4 is 4.90 Å².